The summed E-state index contributed by atoms with van der Waals surface area (Å²) < 4.78 is 0. The quantitative estimate of drug-likeness (QED) is 0.823. The Hall–Kier alpha value is -1.97. The summed E-state index contributed by atoms with van der Waals surface area (Å²) in [5.41, 5.74) is 0.918. The smallest absolute Gasteiger partial charge is 0.303 e. The summed E-state index contributed by atoms with van der Waals surface area (Å²) in [6, 6.07) is 7.43. The van der Waals surface area contributed by atoms with E-state index in [1.807, 2.05) is 25.1 Å². The van der Waals surface area contributed by atoms with E-state index >= 15 is 0 Å². The van der Waals surface area contributed by atoms with Crippen molar-refractivity contribution in [2.75, 3.05) is 0 Å². The highest BCUT2D eigenvalue weighted by atomic mass is 16.4. The number of carbonyl (C=O) groups excluding carboxylic acids is 1. The van der Waals surface area contributed by atoms with Crippen LogP contribution in [-0.2, 0) is 9.59 Å². The Balaban J connectivity index is 2.42. The number of nitrogens with zero attached hydrogens (tertiary/aromatic N) is 1. The molecule has 1 atom stereocenters. The zero-order chi connectivity index (χ0) is 12.4. The number of aliphatic carboxylic acids is 1. The van der Waals surface area contributed by atoms with Crippen LogP contribution in [0, 0.1) is 5.92 Å². The molecule has 0 fully saturated rings. The molecule has 0 saturated heterocycles. The lowest BCUT2D eigenvalue weighted by Gasteiger charge is -2.16. The van der Waals surface area contributed by atoms with E-state index in [-0.39, 0.29) is 18.2 Å². The van der Waals surface area contributed by atoms with Crippen molar-refractivity contribution in [3.05, 3.63) is 34.8 Å². The molecule has 0 bridgehead atoms. The maximum absolute atomic E-state index is 11.8. The van der Waals surface area contributed by atoms with Gasteiger partial charge < -0.3 is 5.11 Å². The normalized spacial score (nSPS) is 18.5. The number of rotatable bonds is 3. The second-order valence-electron chi connectivity index (χ2n) is 4.14. The molecule has 17 heavy (non-hydrogen) atoms. The number of benzene rings is 1. The van der Waals surface area contributed by atoms with Crippen LogP contribution in [0.4, 0.5) is 0 Å². The average Bonchev–Trinajstić information content (AvgIpc) is 2.28. The Morgan fingerprint density at radius 2 is 2.12 bits per heavy atom. The molecule has 1 aromatic carbocycles. The van der Waals surface area contributed by atoms with Gasteiger partial charge >= 0.3 is 5.97 Å². The summed E-state index contributed by atoms with van der Waals surface area (Å²) in [6.07, 6.45) is 0.309. The van der Waals surface area contributed by atoms with E-state index in [2.05, 4.69) is 4.99 Å². The van der Waals surface area contributed by atoms with Gasteiger partial charge in [-0.3, -0.25) is 9.59 Å². The molecule has 88 valence electrons. The fraction of sp³-hybridized carbons (Fsp3) is 0.308. The Bertz CT molecular complexity index is 589. The molecule has 1 aliphatic heterocycles. The van der Waals surface area contributed by atoms with Gasteiger partial charge in [0.1, 0.15) is 0 Å². The maximum atomic E-state index is 11.8. The van der Waals surface area contributed by atoms with Gasteiger partial charge in [0.05, 0.1) is 11.3 Å². The van der Waals surface area contributed by atoms with Gasteiger partial charge in [0.25, 0.3) is 5.91 Å². The van der Waals surface area contributed by atoms with Gasteiger partial charge in [-0.15, -0.1) is 0 Å². The first kappa shape index (κ1) is 11.5. The minimum atomic E-state index is -0.885. The van der Waals surface area contributed by atoms with Crippen LogP contribution in [0.1, 0.15) is 19.8 Å². The van der Waals surface area contributed by atoms with Crippen molar-refractivity contribution in [1.82, 2.24) is 0 Å². The largest absolute Gasteiger partial charge is 0.481 e. The van der Waals surface area contributed by atoms with E-state index in [1.165, 1.54) is 0 Å². The zero-order valence-corrected chi connectivity index (χ0v) is 9.51. The van der Waals surface area contributed by atoms with E-state index in [4.69, 9.17) is 5.11 Å². The third-order valence-corrected chi connectivity index (χ3v) is 3.03. The molecular formula is C13H13NO3. The van der Waals surface area contributed by atoms with Gasteiger partial charge in [-0.05, 0) is 24.6 Å². The molecule has 1 amide bonds. The van der Waals surface area contributed by atoms with Crippen LogP contribution in [0.25, 0.3) is 5.57 Å². The molecule has 0 aliphatic carbocycles. The number of para-hydroxylation sites is 1. The van der Waals surface area contributed by atoms with Crippen LogP contribution in [0.15, 0.2) is 29.3 Å². The number of carboxylic acids is 1. The minimum absolute atomic E-state index is 0.00850. The Morgan fingerprint density at radius 3 is 2.82 bits per heavy atom. The van der Waals surface area contributed by atoms with E-state index in [0.29, 0.717) is 11.8 Å². The highest BCUT2D eigenvalue weighted by Crippen LogP contribution is 2.19. The van der Waals surface area contributed by atoms with Gasteiger partial charge in [0, 0.05) is 6.42 Å². The summed E-state index contributed by atoms with van der Waals surface area (Å²) in [5.74, 6) is -1.51. The highest BCUT2D eigenvalue weighted by molar-refractivity contribution is 5.89. The highest BCUT2D eigenvalue weighted by Gasteiger charge is 2.24. The maximum Gasteiger partial charge on any atom is 0.303 e. The van der Waals surface area contributed by atoms with Crippen molar-refractivity contribution in [3.63, 3.8) is 0 Å². The van der Waals surface area contributed by atoms with E-state index in [1.54, 1.807) is 6.07 Å². The van der Waals surface area contributed by atoms with Crippen molar-refractivity contribution < 1.29 is 14.7 Å². The standard InChI is InChI=1S/C13H13NO3/c1-8-9-4-2-3-5-11(9)14-13(17)10(8)6-7-12(15)16/h2-5,10H,6-7H2,1H3,(H,15,16)/t10-/m0/s1. The van der Waals surface area contributed by atoms with Crippen LogP contribution in [0.2, 0.25) is 0 Å². The molecule has 4 heteroatoms. The second-order valence-corrected chi connectivity index (χ2v) is 4.14. The summed E-state index contributed by atoms with van der Waals surface area (Å²) in [4.78, 5) is 26.4. The first-order chi connectivity index (χ1) is 8.09. The third kappa shape index (κ3) is 2.25. The number of carboxylic acid groups (broad SMARTS) is 1. The monoisotopic (exact) mass is 231 g/mol. The summed E-state index contributed by atoms with van der Waals surface area (Å²) in [7, 11) is 0. The number of carbonyl (C=O) groups is 2. The molecular weight excluding hydrogens is 218 g/mol. The molecule has 1 heterocycles. The van der Waals surface area contributed by atoms with Crippen molar-refractivity contribution in [1.29, 1.82) is 0 Å². The van der Waals surface area contributed by atoms with Gasteiger partial charge in [-0.1, -0.05) is 23.8 Å². The molecule has 4 nitrogen and oxygen atoms in total. The first-order valence-electron chi connectivity index (χ1n) is 5.50. The van der Waals surface area contributed by atoms with Crippen LogP contribution in [0.3, 0.4) is 0 Å². The Labute approximate surface area is 98.3 Å². The molecule has 1 N–H and O–H groups in total. The van der Waals surface area contributed by atoms with Crippen molar-refractivity contribution in [2.24, 2.45) is 10.9 Å². The SMILES string of the molecule is CC1=c2ccccc2=NC(=O)[C@H]1CCC(=O)O. The predicted octanol–water partition coefficient (Wildman–Crippen LogP) is 0.498. The van der Waals surface area contributed by atoms with Crippen molar-refractivity contribution in [2.45, 2.75) is 19.8 Å². The summed E-state index contributed by atoms with van der Waals surface area (Å²) in [5, 5.41) is 10.3. The second kappa shape index (κ2) is 4.49. The number of fused-ring (bicyclic) bond motifs is 1. The number of hydrogen-bond acceptors (Lipinski definition) is 2. The van der Waals surface area contributed by atoms with Crippen LogP contribution in [0.5, 0.6) is 0 Å². The molecule has 0 aromatic heterocycles. The van der Waals surface area contributed by atoms with Crippen LogP contribution < -0.4 is 10.6 Å². The zero-order valence-electron chi connectivity index (χ0n) is 9.51. The van der Waals surface area contributed by atoms with Crippen LogP contribution >= 0.6 is 0 Å². The first-order valence-corrected chi connectivity index (χ1v) is 5.50. The van der Waals surface area contributed by atoms with Gasteiger partial charge in [0.2, 0.25) is 0 Å². The molecule has 0 radical (unpaired) electrons. The molecule has 1 aliphatic rings. The lowest BCUT2D eigenvalue weighted by atomic mass is 9.91. The third-order valence-electron chi connectivity index (χ3n) is 3.03. The topological polar surface area (TPSA) is 66.7 Å². The molecule has 2 rings (SSSR count). The van der Waals surface area contributed by atoms with Gasteiger partial charge in [-0.2, -0.15) is 0 Å². The number of amides is 1. The Morgan fingerprint density at radius 1 is 1.41 bits per heavy atom. The lowest BCUT2D eigenvalue weighted by molar-refractivity contribution is -0.137. The molecule has 0 unspecified atom stereocenters. The fourth-order valence-electron chi connectivity index (χ4n) is 2.08. The fourth-order valence-corrected chi connectivity index (χ4v) is 2.08. The van der Waals surface area contributed by atoms with Crippen LogP contribution in [-0.4, -0.2) is 17.0 Å². The molecule has 0 saturated carbocycles. The van der Waals surface area contributed by atoms with Gasteiger partial charge in [-0.25, -0.2) is 4.99 Å². The summed E-state index contributed by atoms with van der Waals surface area (Å²) >= 11 is 0. The lowest BCUT2D eigenvalue weighted by Crippen LogP contribution is -2.36. The van der Waals surface area contributed by atoms with Gasteiger partial charge in [0.15, 0.2) is 0 Å². The minimum Gasteiger partial charge on any atom is -0.481 e. The van der Waals surface area contributed by atoms with E-state index in [9.17, 15) is 9.59 Å². The van der Waals surface area contributed by atoms with Crippen molar-refractivity contribution in [3.8, 4) is 0 Å². The Kier molecular flexibility index (Phi) is 3.04. The predicted molar refractivity (Wildman–Crippen MR) is 61.7 cm³/mol. The van der Waals surface area contributed by atoms with E-state index in [0.717, 1.165) is 10.8 Å². The average molecular weight is 231 g/mol. The summed E-state index contributed by atoms with van der Waals surface area (Å²) in [6.45, 7) is 1.87. The molecule has 1 aromatic rings. The molecule has 0 spiro atoms. The van der Waals surface area contributed by atoms with Crippen molar-refractivity contribution >= 4 is 17.4 Å². The van der Waals surface area contributed by atoms with E-state index < -0.39 is 5.97 Å². The number of hydrogen-bond donors (Lipinski definition) is 1.